The smallest absolute Gasteiger partial charge is 0.263 e. The van der Waals surface area contributed by atoms with Crippen molar-refractivity contribution in [2.24, 2.45) is 0 Å². The van der Waals surface area contributed by atoms with Crippen LogP contribution in [0.4, 0.5) is 0 Å². The van der Waals surface area contributed by atoms with E-state index < -0.39 is 6.10 Å². The largest absolute Gasteiger partial charge is 0.480 e. The van der Waals surface area contributed by atoms with Gasteiger partial charge < -0.3 is 15.0 Å². The second-order valence-electron chi connectivity index (χ2n) is 4.83. The third-order valence-corrected chi connectivity index (χ3v) is 3.82. The number of hydrogen-bond acceptors (Lipinski definition) is 3. The highest BCUT2D eigenvalue weighted by Gasteiger charge is 2.26. The number of hydrogen-bond donors (Lipinski definition) is 1. The highest BCUT2D eigenvalue weighted by molar-refractivity contribution is 9.10. The van der Waals surface area contributed by atoms with Gasteiger partial charge in [0.25, 0.3) is 5.91 Å². The van der Waals surface area contributed by atoms with Crippen molar-refractivity contribution >= 4 is 21.8 Å². The Bertz CT molecular complexity index is 453. The fourth-order valence-electron chi connectivity index (χ4n) is 2.17. The van der Waals surface area contributed by atoms with Gasteiger partial charge in [-0.25, -0.2) is 0 Å². The fraction of sp³-hybridized carbons (Fsp3) is 0.500. The molecular formula is C14H19BrN2O2. The number of halogens is 1. The first-order valence-electron chi connectivity index (χ1n) is 6.51. The molecule has 0 unspecified atom stereocenters. The molecule has 5 heteroatoms. The standard InChI is InChI=1S/C14H19BrN2O2/c1-10-9-17(8-7-16-10)14(18)11(2)19-13-6-4-3-5-12(13)15/h3-6,10-11,16H,7-9H2,1-2H3/t10-,11+/m1/s1. The van der Waals surface area contributed by atoms with Crippen LogP contribution in [0.2, 0.25) is 0 Å². The minimum Gasteiger partial charge on any atom is -0.480 e. The van der Waals surface area contributed by atoms with Crippen LogP contribution in [0.3, 0.4) is 0 Å². The molecule has 4 nitrogen and oxygen atoms in total. The molecule has 2 rings (SSSR count). The number of benzene rings is 1. The lowest BCUT2D eigenvalue weighted by Gasteiger charge is -2.33. The molecule has 0 spiro atoms. The number of amides is 1. The number of carbonyl (C=O) groups is 1. The van der Waals surface area contributed by atoms with Crippen LogP contribution in [0.1, 0.15) is 13.8 Å². The van der Waals surface area contributed by atoms with Crippen LogP contribution in [0.15, 0.2) is 28.7 Å². The van der Waals surface area contributed by atoms with Crippen molar-refractivity contribution < 1.29 is 9.53 Å². The molecule has 0 aliphatic carbocycles. The first kappa shape index (κ1) is 14.3. The van der Waals surface area contributed by atoms with E-state index in [0.717, 1.165) is 24.1 Å². The molecule has 1 aromatic carbocycles. The first-order chi connectivity index (χ1) is 9.08. The molecule has 1 N–H and O–H groups in total. The van der Waals surface area contributed by atoms with Crippen molar-refractivity contribution in [3.8, 4) is 5.75 Å². The predicted molar refractivity (Wildman–Crippen MR) is 78.3 cm³/mol. The molecule has 19 heavy (non-hydrogen) atoms. The normalized spacial score (nSPS) is 21.0. The molecule has 1 amide bonds. The first-order valence-corrected chi connectivity index (χ1v) is 7.30. The Hall–Kier alpha value is -1.07. The lowest BCUT2D eigenvalue weighted by atomic mass is 10.2. The van der Waals surface area contributed by atoms with Crippen LogP contribution in [0.5, 0.6) is 5.75 Å². The number of ether oxygens (including phenoxy) is 1. The van der Waals surface area contributed by atoms with E-state index in [1.165, 1.54) is 0 Å². The van der Waals surface area contributed by atoms with Gasteiger partial charge in [0.15, 0.2) is 6.10 Å². The van der Waals surface area contributed by atoms with Crippen molar-refractivity contribution in [2.45, 2.75) is 26.0 Å². The molecule has 1 aliphatic rings. The van der Waals surface area contributed by atoms with Gasteiger partial charge in [0.05, 0.1) is 4.47 Å². The van der Waals surface area contributed by atoms with Gasteiger partial charge in [-0.05, 0) is 41.9 Å². The van der Waals surface area contributed by atoms with Crippen LogP contribution >= 0.6 is 15.9 Å². The van der Waals surface area contributed by atoms with Crippen molar-refractivity contribution in [1.82, 2.24) is 10.2 Å². The van der Waals surface area contributed by atoms with Crippen molar-refractivity contribution in [2.75, 3.05) is 19.6 Å². The zero-order valence-corrected chi connectivity index (χ0v) is 12.8. The number of para-hydroxylation sites is 1. The molecule has 104 valence electrons. The number of piperazine rings is 1. The van der Waals surface area contributed by atoms with Gasteiger partial charge in [0, 0.05) is 25.7 Å². The molecule has 1 aliphatic heterocycles. The predicted octanol–water partition coefficient (Wildman–Crippen LogP) is 2.04. The van der Waals surface area contributed by atoms with Crippen LogP contribution in [-0.2, 0) is 4.79 Å². The third kappa shape index (κ3) is 3.70. The Morgan fingerprint density at radius 1 is 1.53 bits per heavy atom. The van der Waals surface area contributed by atoms with E-state index in [1.54, 1.807) is 6.92 Å². The third-order valence-electron chi connectivity index (χ3n) is 3.17. The number of rotatable bonds is 3. The molecule has 1 aromatic rings. The van der Waals surface area contributed by atoms with Crippen molar-refractivity contribution in [1.29, 1.82) is 0 Å². The SMILES string of the molecule is C[C@@H]1CN(C(=O)[C@H](C)Oc2ccccc2Br)CCN1. The number of nitrogens with zero attached hydrogens (tertiary/aromatic N) is 1. The van der Waals surface area contributed by atoms with Crippen molar-refractivity contribution in [3.05, 3.63) is 28.7 Å². The maximum atomic E-state index is 12.3. The van der Waals surface area contributed by atoms with Gasteiger partial charge in [-0.15, -0.1) is 0 Å². The van der Waals surface area contributed by atoms with Crippen LogP contribution < -0.4 is 10.1 Å². The second-order valence-corrected chi connectivity index (χ2v) is 5.68. The number of nitrogens with one attached hydrogen (secondary N) is 1. The van der Waals surface area contributed by atoms with E-state index in [-0.39, 0.29) is 5.91 Å². The van der Waals surface area contributed by atoms with Crippen molar-refractivity contribution in [3.63, 3.8) is 0 Å². The highest BCUT2D eigenvalue weighted by atomic mass is 79.9. The van der Waals surface area contributed by atoms with Crippen LogP contribution in [-0.4, -0.2) is 42.6 Å². The summed E-state index contributed by atoms with van der Waals surface area (Å²) in [5.41, 5.74) is 0. The van der Waals surface area contributed by atoms with Gasteiger partial charge in [0.2, 0.25) is 0 Å². The lowest BCUT2D eigenvalue weighted by molar-refractivity contribution is -0.139. The summed E-state index contributed by atoms with van der Waals surface area (Å²) in [5, 5.41) is 3.32. The lowest BCUT2D eigenvalue weighted by Crippen LogP contribution is -2.54. The van der Waals surface area contributed by atoms with E-state index >= 15 is 0 Å². The molecule has 1 saturated heterocycles. The zero-order valence-electron chi connectivity index (χ0n) is 11.2. The summed E-state index contributed by atoms with van der Waals surface area (Å²) in [6.45, 7) is 6.21. The van der Waals surface area contributed by atoms with Gasteiger partial charge in [-0.1, -0.05) is 12.1 Å². The Morgan fingerprint density at radius 2 is 2.26 bits per heavy atom. The molecule has 0 aromatic heterocycles. The molecule has 0 saturated carbocycles. The van der Waals surface area contributed by atoms with E-state index in [4.69, 9.17) is 4.74 Å². The fourth-order valence-corrected chi connectivity index (χ4v) is 2.55. The van der Waals surface area contributed by atoms with E-state index in [0.29, 0.717) is 11.8 Å². The van der Waals surface area contributed by atoms with E-state index in [1.807, 2.05) is 29.2 Å². The average molecular weight is 327 g/mol. The minimum absolute atomic E-state index is 0.0455. The quantitative estimate of drug-likeness (QED) is 0.924. The summed E-state index contributed by atoms with van der Waals surface area (Å²) < 4.78 is 6.60. The van der Waals surface area contributed by atoms with Gasteiger partial charge in [-0.2, -0.15) is 0 Å². The van der Waals surface area contributed by atoms with Gasteiger partial charge in [-0.3, -0.25) is 4.79 Å². The summed E-state index contributed by atoms with van der Waals surface area (Å²) in [7, 11) is 0. The summed E-state index contributed by atoms with van der Waals surface area (Å²) in [5.74, 6) is 0.746. The Labute approximate surface area is 122 Å². The van der Waals surface area contributed by atoms with E-state index in [2.05, 4.69) is 28.2 Å². The highest BCUT2D eigenvalue weighted by Crippen LogP contribution is 2.25. The molecule has 1 fully saturated rings. The molecule has 1 heterocycles. The summed E-state index contributed by atoms with van der Waals surface area (Å²) in [6.07, 6.45) is -0.469. The summed E-state index contributed by atoms with van der Waals surface area (Å²) >= 11 is 3.42. The maximum Gasteiger partial charge on any atom is 0.263 e. The summed E-state index contributed by atoms with van der Waals surface area (Å²) in [4.78, 5) is 14.2. The average Bonchev–Trinajstić information content (AvgIpc) is 2.40. The van der Waals surface area contributed by atoms with Gasteiger partial charge >= 0.3 is 0 Å². The van der Waals surface area contributed by atoms with Crippen LogP contribution in [0.25, 0.3) is 0 Å². The maximum absolute atomic E-state index is 12.3. The summed E-state index contributed by atoms with van der Waals surface area (Å²) in [6, 6.07) is 7.91. The molecular weight excluding hydrogens is 308 g/mol. The Morgan fingerprint density at radius 3 is 2.95 bits per heavy atom. The van der Waals surface area contributed by atoms with Crippen LogP contribution in [0, 0.1) is 0 Å². The Balaban J connectivity index is 1.97. The topological polar surface area (TPSA) is 41.6 Å². The molecule has 0 bridgehead atoms. The monoisotopic (exact) mass is 326 g/mol. The molecule has 0 radical (unpaired) electrons. The van der Waals surface area contributed by atoms with E-state index in [9.17, 15) is 4.79 Å². The second kappa shape index (κ2) is 6.39. The zero-order chi connectivity index (χ0) is 13.8. The minimum atomic E-state index is -0.469. The number of carbonyl (C=O) groups excluding carboxylic acids is 1. The molecule has 2 atom stereocenters. The Kier molecular flexibility index (Phi) is 4.82. The van der Waals surface area contributed by atoms with Gasteiger partial charge in [0.1, 0.15) is 5.75 Å².